The molecule has 0 spiro atoms. The van der Waals surface area contributed by atoms with Crippen LogP contribution >= 0.6 is 0 Å². The Labute approximate surface area is 163 Å². The van der Waals surface area contributed by atoms with Crippen LogP contribution < -0.4 is 24.3 Å². The van der Waals surface area contributed by atoms with Gasteiger partial charge in [-0.1, -0.05) is 6.07 Å². The minimum atomic E-state index is -0.566. The number of carbonyl (C=O) groups is 2. The lowest BCUT2D eigenvalue weighted by Crippen LogP contribution is -2.28. The van der Waals surface area contributed by atoms with Gasteiger partial charge in [-0.2, -0.15) is 0 Å². The fourth-order valence-corrected chi connectivity index (χ4v) is 2.41. The molecule has 2 aromatic carbocycles. The lowest BCUT2D eigenvalue weighted by atomic mass is 10.2. The summed E-state index contributed by atoms with van der Waals surface area (Å²) in [6.45, 7) is 0.00890. The molecule has 1 N–H and O–H groups in total. The van der Waals surface area contributed by atoms with E-state index in [-0.39, 0.29) is 30.4 Å². The molecule has 1 amide bonds. The van der Waals surface area contributed by atoms with Crippen LogP contribution in [0.25, 0.3) is 0 Å². The Morgan fingerprint density at radius 2 is 1.61 bits per heavy atom. The van der Waals surface area contributed by atoms with E-state index in [1.807, 2.05) is 6.07 Å². The summed E-state index contributed by atoms with van der Waals surface area (Å²) in [5.41, 5.74) is 1.04. The number of nitrogens with one attached hydrogen (secondary N) is 1. The van der Waals surface area contributed by atoms with Gasteiger partial charge in [0.2, 0.25) is 0 Å². The second-order valence-electron chi connectivity index (χ2n) is 5.61. The molecule has 2 rings (SSSR count). The van der Waals surface area contributed by atoms with E-state index < -0.39 is 5.97 Å². The minimum Gasteiger partial charge on any atom is -0.497 e. The van der Waals surface area contributed by atoms with E-state index in [1.54, 1.807) is 32.4 Å². The van der Waals surface area contributed by atoms with Gasteiger partial charge in [0.1, 0.15) is 17.1 Å². The zero-order valence-corrected chi connectivity index (χ0v) is 16.2. The van der Waals surface area contributed by atoms with Gasteiger partial charge in [0.05, 0.1) is 28.4 Å². The summed E-state index contributed by atoms with van der Waals surface area (Å²) in [6, 6.07) is 10.00. The van der Waals surface area contributed by atoms with Gasteiger partial charge in [-0.3, -0.25) is 4.79 Å². The molecule has 0 aromatic heterocycles. The molecule has 0 bridgehead atoms. The predicted molar refractivity (Wildman–Crippen MR) is 101 cm³/mol. The molecule has 0 aliphatic rings. The Morgan fingerprint density at radius 1 is 0.857 bits per heavy atom. The molecule has 8 heteroatoms. The summed E-state index contributed by atoms with van der Waals surface area (Å²) in [4.78, 5) is 24.0. The van der Waals surface area contributed by atoms with Crippen LogP contribution in [0.4, 0.5) is 0 Å². The van der Waals surface area contributed by atoms with Crippen molar-refractivity contribution in [1.82, 2.24) is 5.32 Å². The molecule has 0 atom stereocenters. The van der Waals surface area contributed by atoms with Crippen LogP contribution in [0.5, 0.6) is 23.0 Å². The molecule has 0 fully saturated rings. The summed E-state index contributed by atoms with van der Waals surface area (Å²) in [5.74, 6) is 0.955. The van der Waals surface area contributed by atoms with Gasteiger partial charge < -0.3 is 29.0 Å². The van der Waals surface area contributed by atoms with Gasteiger partial charge in [-0.15, -0.1) is 0 Å². The number of hydrogen-bond donors (Lipinski definition) is 1. The second kappa shape index (κ2) is 10.1. The number of hydrogen-bond acceptors (Lipinski definition) is 7. The quantitative estimate of drug-likeness (QED) is 0.657. The van der Waals surface area contributed by atoms with E-state index in [0.717, 1.165) is 5.56 Å². The Balaban J connectivity index is 1.98. The standard InChI is InChI=1S/C20H23NO7/c1-24-14-6-7-15(20(23)27-4)17(10-14)28-12-19(22)21-11-13-5-8-16(25-2)18(9-13)26-3/h5-10H,11-12H2,1-4H3,(H,21,22). The maximum Gasteiger partial charge on any atom is 0.341 e. The van der Waals surface area contributed by atoms with Crippen LogP contribution in [0.1, 0.15) is 15.9 Å². The van der Waals surface area contributed by atoms with Gasteiger partial charge >= 0.3 is 5.97 Å². The third kappa shape index (κ3) is 5.29. The average molecular weight is 389 g/mol. The second-order valence-corrected chi connectivity index (χ2v) is 5.61. The lowest BCUT2D eigenvalue weighted by Gasteiger charge is -2.13. The molecular weight excluding hydrogens is 366 g/mol. The average Bonchev–Trinajstić information content (AvgIpc) is 2.75. The Kier molecular flexibility index (Phi) is 7.50. The molecular formula is C20H23NO7. The van der Waals surface area contributed by atoms with Gasteiger partial charge in [-0.05, 0) is 29.8 Å². The fourth-order valence-electron chi connectivity index (χ4n) is 2.41. The van der Waals surface area contributed by atoms with Crippen molar-refractivity contribution < 1.29 is 33.3 Å². The molecule has 0 aliphatic carbocycles. The number of benzene rings is 2. The number of esters is 1. The first-order valence-electron chi connectivity index (χ1n) is 8.39. The largest absolute Gasteiger partial charge is 0.497 e. The molecule has 8 nitrogen and oxygen atoms in total. The van der Waals surface area contributed by atoms with Crippen molar-refractivity contribution in [3.63, 3.8) is 0 Å². The monoisotopic (exact) mass is 389 g/mol. The Bertz CT molecular complexity index is 835. The van der Waals surface area contributed by atoms with Crippen molar-refractivity contribution in [2.75, 3.05) is 35.0 Å². The van der Waals surface area contributed by atoms with E-state index >= 15 is 0 Å². The Hall–Kier alpha value is -3.42. The molecule has 150 valence electrons. The highest BCUT2D eigenvalue weighted by Gasteiger charge is 2.15. The van der Waals surface area contributed by atoms with E-state index in [9.17, 15) is 9.59 Å². The molecule has 28 heavy (non-hydrogen) atoms. The number of rotatable bonds is 9. The summed E-state index contributed by atoms with van der Waals surface area (Å²) in [6.07, 6.45) is 0. The molecule has 0 saturated heterocycles. The van der Waals surface area contributed by atoms with Gasteiger partial charge in [-0.25, -0.2) is 4.79 Å². The van der Waals surface area contributed by atoms with Crippen LogP contribution in [-0.4, -0.2) is 46.9 Å². The number of carbonyl (C=O) groups excluding carboxylic acids is 2. The summed E-state index contributed by atoms with van der Waals surface area (Å²) in [5, 5.41) is 2.74. The van der Waals surface area contributed by atoms with Crippen molar-refractivity contribution in [1.29, 1.82) is 0 Å². The highest BCUT2D eigenvalue weighted by Crippen LogP contribution is 2.27. The molecule has 0 saturated carbocycles. The van der Waals surface area contributed by atoms with Crippen LogP contribution in [0, 0.1) is 0 Å². The number of ether oxygens (including phenoxy) is 5. The lowest BCUT2D eigenvalue weighted by molar-refractivity contribution is -0.123. The van der Waals surface area contributed by atoms with Gasteiger partial charge in [0, 0.05) is 12.6 Å². The fraction of sp³-hybridized carbons (Fsp3) is 0.300. The van der Waals surface area contributed by atoms with E-state index in [2.05, 4.69) is 5.32 Å². The van der Waals surface area contributed by atoms with Crippen molar-refractivity contribution in [3.05, 3.63) is 47.5 Å². The summed E-state index contributed by atoms with van der Waals surface area (Å²) >= 11 is 0. The van der Waals surface area contributed by atoms with Crippen molar-refractivity contribution in [2.24, 2.45) is 0 Å². The number of methoxy groups -OCH3 is 4. The zero-order chi connectivity index (χ0) is 20.5. The molecule has 0 heterocycles. The Morgan fingerprint density at radius 3 is 2.25 bits per heavy atom. The maximum absolute atomic E-state index is 12.1. The summed E-state index contributed by atoms with van der Waals surface area (Å²) < 4.78 is 25.8. The smallest absolute Gasteiger partial charge is 0.341 e. The van der Waals surface area contributed by atoms with Gasteiger partial charge in [0.15, 0.2) is 18.1 Å². The molecule has 0 unspecified atom stereocenters. The normalized spacial score (nSPS) is 10.0. The minimum absolute atomic E-state index is 0.201. The number of amides is 1. The highest BCUT2D eigenvalue weighted by atomic mass is 16.5. The van der Waals surface area contributed by atoms with Crippen LogP contribution in [-0.2, 0) is 16.1 Å². The third-order valence-corrected chi connectivity index (χ3v) is 3.89. The van der Waals surface area contributed by atoms with Gasteiger partial charge in [0.25, 0.3) is 5.91 Å². The van der Waals surface area contributed by atoms with E-state index in [0.29, 0.717) is 17.2 Å². The molecule has 2 aromatic rings. The topological polar surface area (TPSA) is 92.3 Å². The first-order chi connectivity index (χ1) is 13.5. The van der Waals surface area contributed by atoms with Crippen LogP contribution in [0.15, 0.2) is 36.4 Å². The first kappa shape index (κ1) is 20.9. The first-order valence-corrected chi connectivity index (χ1v) is 8.39. The van der Waals surface area contributed by atoms with Crippen LogP contribution in [0.2, 0.25) is 0 Å². The zero-order valence-electron chi connectivity index (χ0n) is 16.2. The van der Waals surface area contributed by atoms with Crippen molar-refractivity contribution in [2.45, 2.75) is 6.54 Å². The van der Waals surface area contributed by atoms with E-state index in [4.69, 9.17) is 23.7 Å². The molecule has 0 radical (unpaired) electrons. The highest BCUT2D eigenvalue weighted by molar-refractivity contribution is 5.92. The summed E-state index contributed by atoms with van der Waals surface area (Å²) in [7, 11) is 5.86. The van der Waals surface area contributed by atoms with Crippen molar-refractivity contribution >= 4 is 11.9 Å². The molecule has 0 aliphatic heterocycles. The predicted octanol–water partition coefficient (Wildman–Crippen LogP) is 2.19. The SMILES string of the molecule is COC(=O)c1ccc(OC)cc1OCC(=O)NCc1ccc(OC)c(OC)c1. The third-order valence-electron chi connectivity index (χ3n) is 3.89. The van der Waals surface area contributed by atoms with E-state index in [1.165, 1.54) is 26.4 Å². The maximum atomic E-state index is 12.1. The van der Waals surface area contributed by atoms with Crippen LogP contribution in [0.3, 0.4) is 0 Å². The van der Waals surface area contributed by atoms with Crippen molar-refractivity contribution in [3.8, 4) is 23.0 Å².